The van der Waals surface area contributed by atoms with E-state index < -0.39 is 37.2 Å². The van der Waals surface area contributed by atoms with Gasteiger partial charge in [0.2, 0.25) is 0 Å². The van der Waals surface area contributed by atoms with E-state index in [9.17, 15) is 0 Å². The first kappa shape index (κ1) is 1.89. The van der Waals surface area contributed by atoms with E-state index in [1.807, 2.05) is 0 Å². The van der Waals surface area contributed by atoms with Gasteiger partial charge in [0, 0.05) is 15.4 Å². The Bertz CT molecular complexity index is 378. The first-order chi connectivity index (χ1) is 7.77. The molecule has 2 heteroatoms. The number of halogens is 1. The molecule has 0 aliphatic carbocycles. The number of ether oxygens (including phenoxy) is 1. The Labute approximate surface area is 81.9 Å². The summed E-state index contributed by atoms with van der Waals surface area (Å²) in [5, 5.41) is 0. The molecule has 0 saturated carbocycles. The number of hydrogen-bond donors (Lipinski definition) is 0. The van der Waals surface area contributed by atoms with E-state index in [0.717, 1.165) is 0 Å². The highest BCUT2D eigenvalue weighted by Gasteiger charge is 2.44. The molecule has 0 aromatic rings. The van der Waals surface area contributed by atoms with Crippen molar-refractivity contribution in [1.82, 2.24) is 0 Å². The summed E-state index contributed by atoms with van der Waals surface area (Å²) in [7, 11) is 0. The lowest BCUT2D eigenvalue weighted by molar-refractivity contribution is 0.0343. The maximum atomic E-state index is 7.86. The van der Waals surface area contributed by atoms with Gasteiger partial charge in [0.25, 0.3) is 0 Å². The predicted octanol–water partition coefficient (Wildman–Crippen LogP) is 2.13. The van der Waals surface area contributed by atoms with Gasteiger partial charge >= 0.3 is 0 Å². The van der Waals surface area contributed by atoms with E-state index in [0.29, 0.717) is 0 Å². The van der Waals surface area contributed by atoms with Gasteiger partial charge in [-0.3, -0.25) is 0 Å². The summed E-state index contributed by atoms with van der Waals surface area (Å²) in [6.45, 7) is 0. The molecule has 0 aromatic heterocycles. The Morgan fingerprint density at radius 2 is 2.44 bits per heavy atom. The van der Waals surface area contributed by atoms with Crippen molar-refractivity contribution in [1.29, 1.82) is 0 Å². The molecule has 0 aromatic carbocycles. The van der Waals surface area contributed by atoms with Crippen LogP contribution in [0.2, 0.25) is 0 Å². The van der Waals surface area contributed by atoms with Crippen LogP contribution in [0.1, 0.15) is 37.8 Å². The van der Waals surface area contributed by atoms with Gasteiger partial charge < -0.3 is 4.74 Å². The molecule has 2 saturated heterocycles. The van der Waals surface area contributed by atoms with Crippen LogP contribution in [0.25, 0.3) is 0 Å². The van der Waals surface area contributed by atoms with E-state index in [-0.39, 0.29) is 4.43 Å². The Kier molecular flexibility index (Phi) is 0.438. The summed E-state index contributed by atoms with van der Waals surface area (Å²) in [6.07, 6.45) is -14.4. The standard InChI is InChI=1S/C7H11IO/c8-5-7-3-1-6(9-7)2-4-7/h6H,1-5H2/i1D2,2D2,3D2,4D2,6D. The second-order valence-corrected chi connectivity index (χ2v) is 2.65. The summed E-state index contributed by atoms with van der Waals surface area (Å²) in [5.41, 5.74) is -2.31. The molecule has 2 aliphatic rings. The summed E-state index contributed by atoms with van der Waals surface area (Å²) in [5.74, 6) is 0. The summed E-state index contributed by atoms with van der Waals surface area (Å²) in [6, 6.07) is 0. The smallest absolute Gasteiger partial charge is 0.0777 e. The molecule has 0 spiro atoms. The fourth-order valence-electron chi connectivity index (χ4n) is 0.748. The molecule has 52 valence electrons. The number of alkyl halides is 1. The third kappa shape index (κ3) is 0.909. The summed E-state index contributed by atoms with van der Waals surface area (Å²) in [4.78, 5) is 0. The van der Waals surface area contributed by atoms with Crippen molar-refractivity contribution in [2.75, 3.05) is 4.43 Å². The second-order valence-electron chi connectivity index (χ2n) is 1.89. The van der Waals surface area contributed by atoms with Gasteiger partial charge in [-0.15, -0.1) is 0 Å². The van der Waals surface area contributed by atoms with Crippen molar-refractivity contribution < 1.29 is 17.1 Å². The van der Waals surface area contributed by atoms with E-state index >= 15 is 0 Å². The highest BCUT2D eigenvalue weighted by molar-refractivity contribution is 14.1. The van der Waals surface area contributed by atoms with Crippen molar-refractivity contribution in [2.24, 2.45) is 0 Å². The minimum atomic E-state index is -2.94. The average Bonchev–Trinajstić information content (AvgIpc) is 2.42. The minimum absolute atomic E-state index is 0.287. The molecule has 0 radical (unpaired) electrons. The van der Waals surface area contributed by atoms with Gasteiger partial charge in [0.05, 0.1) is 13.1 Å². The van der Waals surface area contributed by atoms with E-state index in [2.05, 4.69) is 0 Å². The molecule has 2 aliphatic heterocycles. The first-order valence-corrected chi connectivity index (χ1v) is 4.05. The van der Waals surface area contributed by atoms with E-state index in [1.54, 1.807) is 22.6 Å². The van der Waals surface area contributed by atoms with Crippen LogP contribution in [-0.2, 0) is 4.74 Å². The molecule has 2 bridgehead atoms. The molecule has 1 nitrogen and oxygen atoms in total. The molecule has 0 atom stereocenters. The maximum absolute atomic E-state index is 7.86. The summed E-state index contributed by atoms with van der Waals surface area (Å²) >= 11 is 1.64. The Morgan fingerprint density at radius 3 is 2.89 bits per heavy atom. The lowest BCUT2D eigenvalue weighted by Gasteiger charge is -2.20. The fraction of sp³-hybridized carbons (Fsp3) is 1.00. The lowest BCUT2D eigenvalue weighted by Crippen LogP contribution is -2.25. The fourth-order valence-corrected chi connectivity index (χ4v) is 1.29. The topological polar surface area (TPSA) is 9.23 Å². The third-order valence-electron chi connectivity index (χ3n) is 1.22. The molecular weight excluding hydrogens is 227 g/mol. The highest BCUT2D eigenvalue weighted by atomic mass is 127. The molecule has 2 fully saturated rings. The number of fused-ring (bicyclic) bond motifs is 2. The van der Waals surface area contributed by atoms with Gasteiger partial charge in [-0.1, -0.05) is 22.6 Å². The van der Waals surface area contributed by atoms with Crippen LogP contribution in [-0.4, -0.2) is 16.1 Å². The Balaban J connectivity index is 2.81. The molecule has 2 rings (SSSR count). The highest BCUT2D eigenvalue weighted by Crippen LogP contribution is 2.44. The predicted molar refractivity (Wildman–Crippen MR) is 45.0 cm³/mol. The number of rotatable bonds is 1. The maximum Gasteiger partial charge on any atom is 0.0777 e. The molecule has 0 amide bonds. The molecular formula is C7H11IO. The molecule has 2 heterocycles. The zero-order valence-corrected chi connectivity index (χ0v) is 6.65. The van der Waals surface area contributed by atoms with Crippen LogP contribution in [0.5, 0.6) is 0 Å². The van der Waals surface area contributed by atoms with Gasteiger partial charge in [0.15, 0.2) is 0 Å². The summed E-state index contributed by atoms with van der Waals surface area (Å²) < 4.78 is 74.7. The van der Waals surface area contributed by atoms with Gasteiger partial charge in [0.1, 0.15) is 0 Å². The average molecular weight is 247 g/mol. The third-order valence-corrected chi connectivity index (χ3v) is 2.29. The zero-order chi connectivity index (χ0) is 14.4. The SMILES string of the molecule is [2H]C1([2H])C([2H])([2H])C2(CI)OC1([2H])C([2H])([2H])C2([2H])[2H]. The van der Waals surface area contributed by atoms with Gasteiger partial charge in [-0.2, -0.15) is 0 Å². The zero-order valence-electron chi connectivity index (χ0n) is 13.5. The quantitative estimate of drug-likeness (QED) is 0.509. The van der Waals surface area contributed by atoms with Crippen LogP contribution >= 0.6 is 22.6 Å². The van der Waals surface area contributed by atoms with E-state index in [1.165, 1.54) is 0 Å². The Morgan fingerprint density at radius 1 is 1.78 bits per heavy atom. The largest absolute Gasteiger partial charge is 0.371 e. The molecule has 9 heavy (non-hydrogen) atoms. The van der Waals surface area contributed by atoms with Crippen molar-refractivity contribution >= 4 is 22.6 Å². The number of hydrogen-bond acceptors (Lipinski definition) is 1. The second kappa shape index (κ2) is 2.09. The van der Waals surface area contributed by atoms with Gasteiger partial charge in [-0.25, -0.2) is 0 Å². The normalized spacial score (nSPS) is 93.7. The van der Waals surface area contributed by atoms with Crippen molar-refractivity contribution in [3.8, 4) is 0 Å². The van der Waals surface area contributed by atoms with Crippen molar-refractivity contribution in [3.05, 3.63) is 0 Å². The first-order valence-electron chi connectivity index (χ1n) is 7.03. The van der Waals surface area contributed by atoms with Crippen LogP contribution in [0, 0.1) is 0 Å². The van der Waals surface area contributed by atoms with E-state index in [4.69, 9.17) is 17.1 Å². The van der Waals surface area contributed by atoms with Crippen LogP contribution in [0.3, 0.4) is 0 Å². The van der Waals surface area contributed by atoms with Crippen LogP contribution in [0.15, 0.2) is 0 Å². The molecule has 0 N–H and O–H groups in total. The van der Waals surface area contributed by atoms with Crippen LogP contribution in [0.4, 0.5) is 0 Å². The van der Waals surface area contributed by atoms with Crippen molar-refractivity contribution in [2.45, 2.75) is 37.2 Å². The monoisotopic (exact) mass is 247 g/mol. The Hall–Kier alpha value is 0.690. The van der Waals surface area contributed by atoms with Crippen LogP contribution < -0.4 is 0 Å². The minimum Gasteiger partial charge on any atom is -0.371 e. The van der Waals surface area contributed by atoms with Crippen molar-refractivity contribution in [3.63, 3.8) is 0 Å². The lowest BCUT2D eigenvalue weighted by atomic mass is 9.90. The molecule has 0 unspecified atom stereocenters. The van der Waals surface area contributed by atoms with Gasteiger partial charge in [-0.05, 0) is 25.5 Å².